The fourth-order valence-electron chi connectivity index (χ4n) is 3.23. The number of aromatic nitrogens is 5. The lowest BCUT2D eigenvalue weighted by atomic mass is 9.96. The van der Waals surface area contributed by atoms with Gasteiger partial charge in [-0.2, -0.15) is 0 Å². The number of hydrogen-bond acceptors (Lipinski definition) is 6. The highest BCUT2D eigenvalue weighted by Gasteiger charge is 2.29. The molecule has 140 valence electrons. The molecule has 3 rings (SSSR count). The summed E-state index contributed by atoms with van der Waals surface area (Å²) in [6.07, 6.45) is 6.74. The first kappa shape index (κ1) is 18.4. The number of rotatable bonds is 6. The van der Waals surface area contributed by atoms with Crippen LogP contribution < -0.4 is 0 Å². The van der Waals surface area contributed by atoms with Crippen molar-refractivity contribution in [3.8, 4) is 0 Å². The molecule has 1 saturated heterocycles. The van der Waals surface area contributed by atoms with Gasteiger partial charge in [-0.3, -0.25) is 14.7 Å². The highest BCUT2D eigenvalue weighted by atomic mass is 16.2. The molecule has 2 aromatic rings. The molecular weight excluding hydrogens is 330 g/mol. The number of likely N-dealkylation sites (tertiary alicyclic amines) is 1. The van der Waals surface area contributed by atoms with E-state index < -0.39 is 0 Å². The van der Waals surface area contributed by atoms with E-state index in [4.69, 9.17) is 0 Å². The zero-order chi connectivity index (χ0) is 18.5. The predicted octanol–water partition coefficient (Wildman–Crippen LogP) is 1.66. The Morgan fingerprint density at radius 1 is 1.38 bits per heavy atom. The lowest BCUT2D eigenvalue weighted by Crippen LogP contribution is -2.41. The van der Waals surface area contributed by atoms with E-state index in [0.717, 1.165) is 31.4 Å². The molecule has 0 bridgehead atoms. The van der Waals surface area contributed by atoms with Crippen LogP contribution in [-0.4, -0.2) is 60.5 Å². The molecule has 3 heterocycles. The third kappa shape index (κ3) is 4.24. The van der Waals surface area contributed by atoms with E-state index in [9.17, 15) is 4.79 Å². The van der Waals surface area contributed by atoms with Gasteiger partial charge in [0, 0.05) is 25.0 Å². The fraction of sp³-hybridized carbons (Fsp3) is 0.611. The van der Waals surface area contributed by atoms with Gasteiger partial charge in [-0.15, -0.1) is 5.10 Å². The summed E-state index contributed by atoms with van der Waals surface area (Å²) in [5.74, 6) is 0.767. The Labute approximate surface area is 154 Å². The van der Waals surface area contributed by atoms with Gasteiger partial charge in [0.1, 0.15) is 6.54 Å². The van der Waals surface area contributed by atoms with Gasteiger partial charge in [-0.05, 0) is 62.2 Å². The second kappa shape index (κ2) is 8.35. The van der Waals surface area contributed by atoms with Crippen LogP contribution in [0.3, 0.4) is 0 Å². The Morgan fingerprint density at radius 3 is 2.96 bits per heavy atom. The fourth-order valence-corrected chi connectivity index (χ4v) is 3.23. The first-order valence-corrected chi connectivity index (χ1v) is 9.21. The normalized spacial score (nSPS) is 17.9. The van der Waals surface area contributed by atoms with Crippen LogP contribution in [0.15, 0.2) is 24.5 Å². The standard InChI is InChI=1S/C18H27N7O/c1-14(2)23(3)12-17-20-21-22-25(17)13-18(26)24-10-5-4-8-16(24)15-7-6-9-19-11-15/h6-7,9,11,14,16H,4-5,8,10,12-13H2,1-3H3. The van der Waals surface area contributed by atoms with Crippen molar-refractivity contribution in [1.82, 2.24) is 35.0 Å². The summed E-state index contributed by atoms with van der Waals surface area (Å²) >= 11 is 0. The molecule has 1 amide bonds. The van der Waals surface area contributed by atoms with E-state index in [1.807, 2.05) is 30.3 Å². The van der Waals surface area contributed by atoms with Crippen LogP contribution in [0, 0.1) is 0 Å². The van der Waals surface area contributed by atoms with Crippen molar-refractivity contribution < 1.29 is 4.79 Å². The van der Waals surface area contributed by atoms with E-state index in [1.165, 1.54) is 0 Å². The smallest absolute Gasteiger partial charge is 0.244 e. The van der Waals surface area contributed by atoms with Crippen LogP contribution in [0.25, 0.3) is 0 Å². The van der Waals surface area contributed by atoms with Crippen molar-refractivity contribution >= 4 is 5.91 Å². The number of hydrogen-bond donors (Lipinski definition) is 0. The third-order valence-corrected chi connectivity index (χ3v) is 5.06. The summed E-state index contributed by atoms with van der Waals surface area (Å²) in [4.78, 5) is 21.3. The Kier molecular flexibility index (Phi) is 5.92. The Bertz CT molecular complexity index is 715. The lowest BCUT2D eigenvalue weighted by molar-refractivity contribution is -0.136. The molecule has 1 unspecified atom stereocenters. The molecular formula is C18H27N7O. The van der Waals surface area contributed by atoms with Gasteiger partial charge < -0.3 is 4.90 Å². The van der Waals surface area contributed by atoms with Gasteiger partial charge in [-0.1, -0.05) is 6.07 Å². The summed E-state index contributed by atoms with van der Waals surface area (Å²) < 4.78 is 1.62. The van der Waals surface area contributed by atoms with Gasteiger partial charge in [-0.25, -0.2) is 4.68 Å². The highest BCUT2D eigenvalue weighted by Crippen LogP contribution is 2.30. The maximum Gasteiger partial charge on any atom is 0.244 e. The average molecular weight is 357 g/mol. The minimum atomic E-state index is 0.0549. The molecule has 0 saturated carbocycles. The summed E-state index contributed by atoms with van der Waals surface area (Å²) in [7, 11) is 2.02. The third-order valence-electron chi connectivity index (χ3n) is 5.06. The number of carbonyl (C=O) groups excluding carboxylic acids is 1. The second-order valence-corrected chi connectivity index (χ2v) is 7.15. The molecule has 1 aliphatic rings. The van der Waals surface area contributed by atoms with Crippen molar-refractivity contribution in [2.24, 2.45) is 0 Å². The van der Waals surface area contributed by atoms with Crippen molar-refractivity contribution in [3.63, 3.8) is 0 Å². The molecule has 0 radical (unpaired) electrons. The summed E-state index contributed by atoms with van der Waals surface area (Å²) in [6, 6.07) is 4.44. The molecule has 1 fully saturated rings. The number of pyridine rings is 1. The average Bonchev–Trinajstić information content (AvgIpc) is 3.09. The molecule has 1 aliphatic heterocycles. The molecule has 8 nitrogen and oxygen atoms in total. The largest absolute Gasteiger partial charge is 0.334 e. The van der Waals surface area contributed by atoms with Gasteiger partial charge in [0.25, 0.3) is 0 Å². The molecule has 2 aromatic heterocycles. The van der Waals surface area contributed by atoms with Crippen LogP contribution in [0.1, 0.15) is 50.5 Å². The number of piperidine rings is 1. The number of amides is 1. The SMILES string of the molecule is CC(C)N(C)Cc1nnnn1CC(=O)N1CCCCC1c1cccnc1. The topological polar surface area (TPSA) is 80.0 Å². The van der Waals surface area contributed by atoms with E-state index >= 15 is 0 Å². The zero-order valence-electron chi connectivity index (χ0n) is 15.7. The van der Waals surface area contributed by atoms with Gasteiger partial charge in [0.15, 0.2) is 5.82 Å². The predicted molar refractivity (Wildman–Crippen MR) is 97.0 cm³/mol. The van der Waals surface area contributed by atoms with E-state index in [0.29, 0.717) is 18.4 Å². The van der Waals surface area contributed by atoms with Crippen molar-refractivity contribution in [2.75, 3.05) is 13.6 Å². The molecule has 0 spiro atoms. The molecule has 0 N–H and O–H groups in total. The maximum absolute atomic E-state index is 13.0. The van der Waals surface area contributed by atoms with Crippen molar-refractivity contribution in [1.29, 1.82) is 0 Å². The van der Waals surface area contributed by atoms with Gasteiger partial charge in [0.05, 0.1) is 12.6 Å². The van der Waals surface area contributed by atoms with Crippen LogP contribution in [0.2, 0.25) is 0 Å². The monoisotopic (exact) mass is 357 g/mol. The Morgan fingerprint density at radius 2 is 2.23 bits per heavy atom. The molecule has 0 aromatic carbocycles. The number of carbonyl (C=O) groups is 1. The first-order valence-electron chi connectivity index (χ1n) is 9.21. The van der Waals surface area contributed by atoms with Crippen LogP contribution >= 0.6 is 0 Å². The summed E-state index contributed by atoms with van der Waals surface area (Å²) in [5.41, 5.74) is 1.09. The highest BCUT2D eigenvalue weighted by molar-refractivity contribution is 5.76. The minimum Gasteiger partial charge on any atom is -0.334 e. The lowest BCUT2D eigenvalue weighted by Gasteiger charge is -2.36. The zero-order valence-corrected chi connectivity index (χ0v) is 15.7. The first-order chi connectivity index (χ1) is 12.6. The van der Waals surface area contributed by atoms with Crippen LogP contribution in [0.5, 0.6) is 0 Å². The maximum atomic E-state index is 13.0. The van der Waals surface area contributed by atoms with E-state index in [2.05, 4.69) is 39.3 Å². The van der Waals surface area contributed by atoms with Gasteiger partial charge >= 0.3 is 0 Å². The number of tetrazole rings is 1. The molecule has 1 atom stereocenters. The van der Waals surface area contributed by atoms with Crippen molar-refractivity contribution in [2.45, 2.75) is 58.3 Å². The van der Waals surface area contributed by atoms with E-state index in [1.54, 1.807) is 10.9 Å². The molecule has 0 aliphatic carbocycles. The van der Waals surface area contributed by atoms with Crippen LogP contribution in [-0.2, 0) is 17.9 Å². The minimum absolute atomic E-state index is 0.0549. The molecule has 8 heteroatoms. The van der Waals surface area contributed by atoms with Crippen molar-refractivity contribution in [3.05, 3.63) is 35.9 Å². The van der Waals surface area contributed by atoms with Crippen LogP contribution in [0.4, 0.5) is 0 Å². The Hall–Kier alpha value is -2.35. The Balaban J connectivity index is 1.72. The second-order valence-electron chi connectivity index (χ2n) is 7.15. The van der Waals surface area contributed by atoms with E-state index in [-0.39, 0.29) is 18.5 Å². The van der Waals surface area contributed by atoms with Gasteiger partial charge in [0.2, 0.25) is 5.91 Å². The number of nitrogens with zero attached hydrogens (tertiary/aromatic N) is 7. The molecule has 26 heavy (non-hydrogen) atoms. The summed E-state index contributed by atoms with van der Waals surface area (Å²) in [5, 5.41) is 11.9. The quantitative estimate of drug-likeness (QED) is 0.782. The summed E-state index contributed by atoms with van der Waals surface area (Å²) in [6.45, 7) is 5.79.